The molecule has 2 aromatic rings. The zero-order chi connectivity index (χ0) is 13.9. The molecule has 6 nitrogen and oxygen atoms in total. The Hall–Kier alpha value is -1.73. The number of hydrogen-bond donors (Lipinski definition) is 0. The molecular weight excluding hydrogens is 278 g/mol. The van der Waals surface area contributed by atoms with Gasteiger partial charge in [0.25, 0.3) is 0 Å². The lowest BCUT2D eigenvalue weighted by Gasteiger charge is -2.19. The minimum absolute atomic E-state index is 0.194. The smallest absolute Gasteiger partial charge is 0.323 e. The summed E-state index contributed by atoms with van der Waals surface area (Å²) in [6.45, 7) is 1.33. The molecule has 0 aromatic carbocycles. The molecule has 3 heterocycles. The van der Waals surface area contributed by atoms with Crippen LogP contribution in [0.15, 0.2) is 22.0 Å². The monoisotopic (exact) mass is 293 g/mol. The lowest BCUT2D eigenvalue weighted by Crippen LogP contribution is -2.36. The van der Waals surface area contributed by atoms with Crippen molar-refractivity contribution in [3.63, 3.8) is 0 Å². The van der Waals surface area contributed by atoms with Crippen molar-refractivity contribution in [1.82, 2.24) is 15.0 Å². The summed E-state index contributed by atoms with van der Waals surface area (Å²) in [5, 5.41) is 5.94. The summed E-state index contributed by atoms with van der Waals surface area (Å²) in [4.78, 5) is 19.1. The average molecular weight is 293 g/mol. The Morgan fingerprint density at radius 3 is 3.30 bits per heavy atom. The van der Waals surface area contributed by atoms with Crippen molar-refractivity contribution in [3.05, 3.63) is 23.4 Å². The third-order valence-corrected chi connectivity index (χ3v) is 4.25. The summed E-state index contributed by atoms with van der Waals surface area (Å²) in [5.41, 5.74) is 0. The van der Waals surface area contributed by atoms with Crippen molar-refractivity contribution in [2.75, 3.05) is 13.7 Å². The van der Waals surface area contributed by atoms with Crippen LogP contribution in [0.3, 0.4) is 0 Å². The highest BCUT2D eigenvalue weighted by atomic mass is 32.1. The van der Waals surface area contributed by atoms with Gasteiger partial charge in [0.15, 0.2) is 0 Å². The Morgan fingerprint density at radius 1 is 1.65 bits per heavy atom. The number of rotatable bonds is 4. The van der Waals surface area contributed by atoms with E-state index >= 15 is 0 Å². The molecule has 0 N–H and O–H groups in total. The normalized spacial score (nSPS) is 19.4. The zero-order valence-electron chi connectivity index (χ0n) is 11.1. The van der Waals surface area contributed by atoms with Gasteiger partial charge in [-0.2, -0.15) is 4.98 Å². The number of carbonyl (C=O) groups excluding carboxylic acids is 1. The van der Waals surface area contributed by atoms with E-state index in [4.69, 9.17) is 9.26 Å². The fraction of sp³-hybridized carbons (Fsp3) is 0.462. The van der Waals surface area contributed by atoms with E-state index in [1.165, 1.54) is 7.11 Å². The molecule has 3 rings (SSSR count). The highest BCUT2D eigenvalue weighted by Gasteiger charge is 2.32. The van der Waals surface area contributed by atoms with E-state index in [1.807, 2.05) is 22.4 Å². The Balaban J connectivity index is 1.70. The van der Waals surface area contributed by atoms with Gasteiger partial charge in [-0.3, -0.25) is 9.69 Å². The molecule has 1 aliphatic heterocycles. The van der Waals surface area contributed by atoms with Crippen LogP contribution < -0.4 is 0 Å². The maximum absolute atomic E-state index is 11.7. The van der Waals surface area contributed by atoms with Crippen molar-refractivity contribution in [2.45, 2.75) is 25.4 Å². The van der Waals surface area contributed by atoms with Gasteiger partial charge in [0, 0.05) is 0 Å². The molecule has 0 aliphatic carbocycles. The summed E-state index contributed by atoms with van der Waals surface area (Å²) in [5.74, 6) is 0.938. The second kappa shape index (κ2) is 5.72. The molecule has 1 atom stereocenters. The number of carbonyl (C=O) groups is 1. The highest BCUT2D eigenvalue weighted by Crippen LogP contribution is 2.24. The summed E-state index contributed by atoms with van der Waals surface area (Å²) in [6.07, 6.45) is 1.80. The number of nitrogens with zero attached hydrogens (tertiary/aromatic N) is 3. The molecule has 1 unspecified atom stereocenters. The number of ether oxygens (including phenoxy) is 1. The van der Waals surface area contributed by atoms with Crippen LogP contribution in [0.2, 0.25) is 0 Å². The van der Waals surface area contributed by atoms with Gasteiger partial charge in [-0.1, -0.05) is 11.2 Å². The number of aromatic nitrogens is 2. The molecule has 106 valence electrons. The van der Waals surface area contributed by atoms with Crippen LogP contribution in [0.5, 0.6) is 0 Å². The minimum Gasteiger partial charge on any atom is -0.468 e. The van der Waals surface area contributed by atoms with Gasteiger partial charge < -0.3 is 9.26 Å². The second-order valence-electron chi connectivity index (χ2n) is 4.64. The van der Waals surface area contributed by atoms with Crippen molar-refractivity contribution in [1.29, 1.82) is 0 Å². The molecule has 20 heavy (non-hydrogen) atoms. The summed E-state index contributed by atoms with van der Waals surface area (Å²) < 4.78 is 10.1. The molecule has 0 amide bonds. The van der Waals surface area contributed by atoms with Gasteiger partial charge in [0.1, 0.15) is 6.04 Å². The quantitative estimate of drug-likeness (QED) is 0.802. The Labute approximate surface area is 120 Å². The molecular formula is C13H15N3O3S. The van der Waals surface area contributed by atoms with E-state index in [-0.39, 0.29) is 12.0 Å². The van der Waals surface area contributed by atoms with Crippen LogP contribution >= 0.6 is 11.3 Å². The first-order valence-electron chi connectivity index (χ1n) is 6.46. The lowest BCUT2D eigenvalue weighted by molar-refractivity contribution is -0.146. The minimum atomic E-state index is -0.197. The number of methoxy groups -OCH3 is 1. The van der Waals surface area contributed by atoms with Crippen molar-refractivity contribution < 1.29 is 14.1 Å². The first kappa shape index (κ1) is 13.3. The fourth-order valence-electron chi connectivity index (χ4n) is 2.42. The largest absolute Gasteiger partial charge is 0.468 e. The van der Waals surface area contributed by atoms with E-state index in [1.54, 1.807) is 11.3 Å². The SMILES string of the molecule is COC(=O)C1CCCN1Cc1nc(-c2cccs2)no1. The van der Waals surface area contributed by atoms with Gasteiger partial charge >= 0.3 is 5.97 Å². The van der Waals surface area contributed by atoms with E-state index in [0.717, 1.165) is 24.3 Å². The zero-order valence-corrected chi connectivity index (χ0v) is 11.9. The van der Waals surface area contributed by atoms with E-state index in [2.05, 4.69) is 10.1 Å². The third-order valence-electron chi connectivity index (χ3n) is 3.38. The molecule has 0 spiro atoms. The summed E-state index contributed by atoms with van der Waals surface area (Å²) in [7, 11) is 1.42. The number of hydrogen-bond acceptors (Lipinski definition) is 7. The predicted molar refractivity (Wildman–Crippen MR) is 73.1 cm³/mol. The summed E-state index contributed by atoms with van der Waals surface area (Å²) in [6, 6.07) is 3.70. The van der Waals surface area contributed by atoms with Crippen LogP contribution in [0.4, 0.5) is 0 Å². The topological polar surface area (TPSA) is 68.5 Å². The molecule has 0 saturated carbocycles. The number of thiophene rings is 1. The third kappa shape index (κ3) is 2.59. The molecule has 0 radical (unpaired) electrons. The van der Waals surface area contributed by atoms with Gasteiger partial charge in [-0.15, -0.1) is 11.3 Å². The van der Waals surface area contributed by atoms with E-state index < -0.39 is 0 Å². The van der Waals surface area contributed by atoms with Gasteiger partial charge in [-0.25, -0.2) is 0 Å². The average Bonchev–Trinajstić information content (AvgIpc) is 3.19. The molecule has 7 heteroatoms. The van der Waals surface area contributed by atoms with E-state index in [0.29, 0.717) is 18.3 Å². The lowest BCUT2D eigenvalue weighted by atomic mass is 10.2. The summed E-state index contributed by atoms with van der Waals surface area (Å²) >= 11 is 1.57. The van der Waals surface area contributed by atoms with Crippen LogP contribution in [0.1, 0.15) is 18.7 Å². The molecule has 2 aromatic heterocycles. The van der Waals surface area contributed by atoms with Crippen LogP contribution in [0.25, 0.3) is 10.7 Å². The predicted octanol–water partition coefficient (Wildman–Crippen LogP) is 1.94. The van der Waals surface area contributed by atoms with Gasteiger partial charge in [-0.05, 0) is 30.8 Å². The van der Waals surface area contributed by atoms with Crippen molar-refractivity contribution in [3.8, 4) is 10.7 Å². The molecule has 1 fully saturated rings. The number of likely N-dealkylation sites (tertiary alicyclic amines) is 1. The van der Waals surface area contributed by atoms with Crippen LogP contribution in [-0.4, -0.2) is 40.7 Å². The first-order chi connectivity index (χ1) is 9.78. The van der Waals surface area contributed by atoms with Crippen LogP contribution in [-0.2, 0) is 16.1 Å². The Morgan fingerprint density at radius 2 is 2.55 bits per heavy atom. The first-order valence-corrected chi connectivity index (χ1v) is 7.34. The van der Waals surface area contributed by atoms with Crippen LogP contribution in [0, 0.1) is 0 Å². The molecule has 1 aliphatic rings. The van der Waals surface area contributed by atoms with E-state index in [9.17, 15) is 4.79 Å². The maximum Gasteiger partial charge on any atom is 0.323 e. The van der Waals surface area contributed by atoms with Gasteiger partial charge in [0.2, 0.25) is 11.7 Å². The Bertz CT molecular complexity index is 581. The standard InChI is InChI=1S/C13H15N3O3S/c1-18-13(17)9-4-2-6-16(9)8-11-14-12(15-19-11)10-5-3-7-20-10/h3,5,7,9H,2,4,6,8H2,1H3. The Kier molecular flexibility index (Phi) is 3.79. The molecule has 0 bridgehead atoms. The molecule has 1 saturated heterocycles. The van der Waals surface area contributed by atoms with Gasteiger partial charge in [0.05, 0.1) is 18.5 Å². The van der Waals surface area contributed by atoms with Crippen molar-refractivity contribution in [2.24, 2.45) is 0 Å². The fourth-order valence-corrected chi connectivity index (χ4v) is 3.07. The second-order valence-corrected chi connectivity index (χ2v) is 5.59. The highest BCUT2D eigenvalue weighted by molar-refractivity contribution is 7.13. The maximum atomic E-state index is 11.7. The van der Waals surface area contributed by atoms with Crippen molar-refractivity contribution >= 4 is 17.3 Å². The number of esters is 1.